The lowest BCUT2D eigenvalue weighted by atomic mass is 10.1. The van der Waals surface area contributed by atoms with Crippen LogP contribution in [0.15, 0.2) is 28.3 Å². The smallest absolute Gasteiger partial charge is 0.173 e. The van der Waals surface area contributed by atoms with Gasteiger partial charge in [0.25, 0.3) is 0 Å². The first-order chi connectivity index (χ1) is 9.58. The first-order valence-corrected chi connectivity index (χ1v) is 7.87. The van der Waals surface area contributed by atoms with Gasteiger partial charge in [-0.15, -0.1) is 11.8 Å². The van der Waals surface area contributed by atoms with Gasteiger partial charge in [-0.25, -0.2) is 0 Å². The normalized spacial score (nSPS) is 19.9. The standard InChI is InChI=1S/C14H22N4OS/c1-17(2)10-7-8-18(9-10)11-5-4-6-12(20-3)13(11)14(15)16-19/h4-6,10,19H,7-9H2,1-3H3,(H2,15,16). The number of amidine groups is 1. The molecule has 0 radical (unpaired) electrons. The number of nitrogens with two attached hydrogens (primary N) is 1. The number of rotatable bonds is 4. The van der Waals surface area contributed by atoms with Crippen LogP contribution in [0.4, 0.5) is 5.69 Å². The van der Waals surface area contributed by atoms with E-state index in [2.05, 4.69) is 29.1 Å². The molecule has 20 heavy (non-hydrogen) atoms. The van der Waals surface area contributed by atoms with E-state index in [4.69, 9.17) is 10.9 Å². The summed E-state index contributed by atoms with van der Waals surface area (Å²) in [4.78, 5) is 5.60. The zero-order chi connectivity index (χ0) is 14.7. The maximum atomic E-state index is 9.04. The molecular formula is C14H22N4OS. The Hall–Kier alpha value is -1.40. The Kier molecular flexibility index (Phi) is 4.77. The summed E-state index contributed by atoms with van der Waals surface area (Å²) in [6.45, 7) is 1.96. The first-order valence-electron chi connectivity index (χ1n) is 6.64. The van der Waals surface area contributed by atoms with Crippen molar-refractivity contribution < 1.29 is 5.21 Å². The molecule has 1 aliphatic heterocycles. The van der Waals surface area contributed by atoms with E-state index in [1.807, 2.05) is 24.5 Å². The molecule has 0 bridgehead atoms. The predicted molar refractivity (Wildman–Crippen MR) is 85.0 cm³/mol. The van der Waals surface area contributed by atoms with E-state index in [1.54, 1.807) is 11.8 Å². The second-order valence-corrected chi connectivity index (χ2v) is 6.04. The van der Waals surface area contributed by atoms with Crippen molar-refractivity contribution in [1.82, 2.24) is 4.90 Å². The van der Waals surface area contributed by atoms with E-state index in [1.165, 1.54) is 0 Å². The van der Waals surface area contributed by atoms with Crippen LogP contribution in [-0.4, -0.2) is 55.4 Å². The number of oxime groups is 1. The van der Waals surface area contributed by atoms with Crippen molar-refractivity contribution in [2.45, 2.75) is 17.4 Å². The minimum atomic E-state index is 0.179. The van der Waals surface area contributed by atoms with Crippen molar-refractivity contribution in [2.75, 3.05) is 38.3 Å². The SMILES string of the molecule is CSc1cccc(N2CCC(N(C)C)C2)c1/C(N)=N/O. The summed E-state index contributed by atoms with van der Waals surface area (Å²) >= 11 is 1.61. The average Bonchev–Trinajstić information content (AvgIpc) is 2.95. The molecule has 1 heterocycles. The van der Waals surface area contributed by atoms with Gasteiger partial charge in [-0.3, -0.25) is 0 Å². The van der Waals surface area contributed by atoms with Crippen LogP contribution in [0.3, 0.4) is 0 Å². The van der Waals surface area contributed by atoms with Crippen molar-refractivity contribution in [1.29, 1.82) is 0 Å². The van der Waals surface area contributed by atoms with Crippen molar-refractivity contribution in [3.05, 3.63) is 23.8 Å². The van der Waals surface area contributed by atoms with Crippen LogP contribution in [0.5, 0.6) is 0 Å². The van der Waals surface area contributed by atoms with Crippen molar-refractivity contribution in [3.63, 3.8) is 0 Å². The van der Waals surface area contributed by atoms with Gasteiger partial charge in [0.1, 0.15) is 0 Å². The van der Waals surface area contributed by atoms with Gasteiger partial charge in [-0.2, -0.15) is 0 Å². The Bertz CT molecular complexity index is 504. The molecule has 110 valence electrons. The Morgan fingerprint density at radius 2 is 2.25 bits per heavy atom. The van der Waals surface area contributed by atoms with Gasteiger partial charge < -0.3 is 20.7 Å². The summed E-state index contributed by atoms with van der Waals surface area (Å²) in [7, 11) is 4.22. The van der Waals surface area contributed by atoms with Gasteiger partial charge in [-0.1, -0.05) is 11.2 Å². The molecule has 1 aliphatic rings. The lowest BCUT2D eigenvalue weighted by Gasteiger charge is -2.24. The molecule has 2 rings (SSSR count). The van der Waals surface area contributed by atoms with E-state index in [-0.39, 0.29) is 5.84 Å². The maximum absolute atomic E-state index is 9.04. The maximum Gasteiger partial charge on any atom is 0.173 e. The van der Waals surface area contributed by atoms with Crippen LogP contribution < -0.4 is 10.6 Å². The molecule has 0 amide bonds. The number of nitrogens with zero attached hydrogens (tertiary/aromatic N) is 3. The third kappa shape index (κ3) is 2.86. The fourth-order valence-electron chi connectivity index (χ4n) is 2.64. The molecule has 0 aromatic heterocycles. The van der Waals surface area contributed by atoms with Gasteiger partial charge in [0.05, 0.1) is 5.56 Å². The summed E-state index contributed by atoms with van der Waals surface area (Å²) in [5.74, 6) is 0.179. The number of anilines is 1. The number of likely N-dealkylation sites (N-methyl/N-ethyl adjacent to an activating group) is 1. The Balaban J connectivity index is 2.37. The third-order valence-corrected chi connectivity index (χ3v) is 4.60. The van der Waals surface area contributed by atoms with Gasteiger partial charge >= 0.3 is 0 Å². The van der Waals surface area contributed by atoms with Crippen LogP contribution in [0, 0.1) is 0 Å². The highest BCUT2D eigenvalue weighted by Crippen LogP contribution is 2.32. The topological polar surface area (TPSA) is 65.1 Å². The molecule has 0 spiro atoms. The zero-order valence-corrected chi connectivity index (χ0v) is 13.0. The van der Waals surface area contributed by atoms with E-state index in [9.17, 15) is 0 Å². The van der Waals surface area contributed by atoms with Gasteiger partial charge in [0.2, 0.25) is 0 Å². The number of hydrogen-bond acceptors (Lipinski definition) is 5. The summed E-state index contributed by atoms with van der Waals surface area (Å²) in [6.07, 6.45) is 3.13. The molecule has 1 aromatic rings. The minimum absolute atomic E-state index is 0.179. The number of benzene rings is 1. The van der Waals surface area contributed by atoms with E-state index in [0.29, 0.717) is 6.04 Å². The Morgan fingerprint density at radius 3 is 2.80 bits per heavy atom. The van der Waals surface area contributed by atoms with Crippen molar-refractivity contribution in [2.24, 2.45) is 10.9 Å². The van der Waals surface area contributed by atoms with Crippen molar-refractivity contribution >= 4 is 23.3 Å². The summed E-state index contributed by atoms with van der Waals surface area (Å²) in [6, 6.07) is 6.62. The predicted octanol–water partition coefficient (Wildman–Crippen LogP) is 1.64. The second kappa shape index (κ2) is 6.37. The molecule has 0 saturated carbocycles. The molecule has 1 aromatic carbocycles. The molecule has 1 atom stereocenters. The number of hydrogen-bond donors (Lipinski definition) is 2. The van der Waals surface area contributed by atoms with E-state index in [0.717, 1.165) is 35.7 Å². The fourth-order valence-corrected chi connectivity index (χ4v) is 3.27. The lowest BCUT2D eigenvalue weighted by Crippen LogP contribution is -2.32. The summed E-state index contributed by atoms with van der Waals surface area (Å²) in [5.41, 5.74) is 7.77. The van der Waals surface area contributed by atoms with Crippen molar-refractivity contribution in [3.8, 4) is 0 Å². The molecule has 1 saturated heterocycles. The lowest BCUT2D eigenvalue weighted by molar-refractivity contribution is 0.315. The number of thioether (sulfide) groups is 1. The third-order valence-electron chi connectivity index (χ3n) is 3.82. The largest absolute Gasteiger partial charge is 0.409 e. The Labute approximate surface area is 124 Å². The summed E-state index contributed by atoms with van der Waals surface area (Å²) in [5, 5.41) is 12.2. The minimum Gasteiger partial charge on any atom is -0.409 e. The Morgan fingerprint density at radius 1 is 1.50 bits per heavy atom. The second-order valence-electron chi connectivity index (χ2n) is 5.19. The molecule has 5 nitrogen and oxygen atoms in total. The van der Waals surface area contributed by atoms with E-state index < -0.39 is 0 Å². The van der Waals surface area contributed by atoms with Crippen LogP contribution >= 0.6 is 11.8 Å². The molecule has 1 unspecified atom stereocenters. The molecule has 0 aliphatic carbocycles. The van der Waals surface area contributed by atoms with Crippen LogP contribution in [0.2, 0.25) is 0 Å². The molecule has 6 heteroatoms. The highest BCUT2D eigenvalue weighted by Gasteiger charge is 2.27. The van der Waals surface area contributed by atoms with Crippen LogP contribution in [0.1, 0.15) is 12.0 Å². The average molecular weight is 294 g/mol. The highest BCUT2D eigenvalue weighted by molar-refractivity contribution is 7.98. The highest BCUT2D eigenvalue weighted by atomic mass is 32.2. The van der Waals surface area contributed by atoms with Crippen LogP contribution in [0.25, 0.3) is 0 Å². The summed E-state index contributed by atoms with van der Waals surface area (Å²) < 4.78 is 0. The van der Waals surface area contributed by atoms with E-state index >= 15 is 0 Å². The molecule has 1 fully saturated rings. The van der Waals surface area contributed by atoms with Gasteiger partial charge in [-0.05, 0) is 38.9 Å². The molecular weight excluding hydrogens is 272 g/mol. The fraction of sp³-hybridized carbons (Fsp3) is 0.500. The first kappa shape index (κ1) is 15.0. The monoisotopic (exact) mass is 294 g/mol. The van der Waals surface area contributed by atoms with Gasteiger partial charge in [0.15, 0.2) is 5.84 Å². The van der Waals surface area contributed by atoms with Crippen LogP contribution in [-0.2, 0) is 0 Å². The zero-order valence-electron chi connectivity index (χ0n) is 12.2. The quantitative estimate of drug-likeness (QED) is 0.291. The van der Waals surface area contributed by atoms with Gasteiger partial charge in [0, 0.05) is 29.7 Å². The molecule has 3 N–H and O–H groups in total.